The van der Waals surface area contributed by atoms with E-state index in [2.05, 4.69) is 21.5 Å². The first kappa shape index (κ1) is 17.8. The van der Waals surface area contributed by atoms with Gasteiger partial charge >= 0.3 is 6.18 Å². The average molecular weight is 329 g/mol. The van der Waals surface area contributed by atoms with Gasteiger partial charge in [0.05, 0.1) is 5.41 Å². The lowest BCUT2D eigenvalue weighted by Gasteiger charge is -2.39. The summed E-state index contributed by atoms with van der Waals surface area (Å²) in [7, 11) is 0. The molecule has 0 aromatic rings. The maximum absolute atomic E-state index is 13.4. The predicted octanol–water partition coefficient (Wildman–Crippen LogP) is 3.97. The fourth-order valence-electron chi connectivity index (χ4n) is 3.13. The Bertz CT molecular complexity index is 496. The van der Waals surface area contributed by atoms with Gasteiger partial charge in [-0.15, -0.1) is 12.3 Å². The number of terminal acetylenes is 1. The number of hydrogen-bond acceptors (Lipinski definition) is 3. The Morgan fingerprint density at radius 3 is 2.35 bits per heavy atom. The van der Waals surface area contributed by atoms with Crippen LogP contribution in [0.5, 0.6) is 0 Å². The molecule has 0 atom stereocenters. The summed E-state index contributed by atoms with van der Waals surface area (Å²) >= 11 is 0. The fraction of sp³-hybridized carbons (Fsp3) is 0.812. The number of alkyl halides is 3. The summed E-state index contributed by atoms with van der Waals surface area (Å²) in [6, 6.07) is 0. The number of halogens is 3. The van der Waals surface area contributed by atoms with Crippen molar-refractivity contribution in [2.45, 2.75) is 69.6 Å². The standard InChI is InChI=1S/C16H22F3N3O/c1-2-3-10-15(21-22-15)11-7-13(23)20-12-14(16(17,18)19)8-5-4-6-9-14/h1H,3-12H2,(H,20,23). The lowest BCUT2D eigenvalue weighted by atomic mass is 9.73. The quantitative estimate of drug-likeness (QED) is 0.706. The number of nitrogens with one attached hydrogen (secondary N) is 1. The number of hydrogen-bond donors (Lipinski definition) is 1. The van der Waals surface area contributed by atoms with Crippen molar-refractivity contribution in [1.82, 2.24) is 5.32 Å². The molecule has 2 aliphatic rings. The summed E-state index contributed by atoms with van der Waals surface area (Å²) in [4.78, 5) is 11.9. The zero-order valence-corrected chi connectivity index (χ0v) is 13.1. The van der Waals surface area contributed by atoms with E-state index in [9.17, 15) is 18.0 Å². The largest absolute Gasteiger partial charge is 0.396 e. The zero-order chi connectivity index (χ0) is 17.0. The fourth-order valence-corrected chi connectivity index (χ4v) is 3.13. The summed E-state index contributed by atoms with van der Waals surface area (Å²) in [5, 5.41) is 10.3. The molecule has 1 heterocycles. The van der Waals surface area contributed by atoms with Gasteiger partial charge in [-0.05, 0) is 12.8 Å². The van der Waals surface area contributed by atoms with Crippen molar-refractivity contribution in [3.63, 3.8) is 0 Å². The molecule has 1 aliphatic heterocycles. The van der Waals surface area contributed by atoms with E-state index in [4.69, 9.17) is 6.42 Å². The molecule has 4 nitrogen and oxygen atoms in total. The molecule has 1 saturated carbocycles. The molecule has 0 spiro atoms. The van der Waals surface area contributed by atoms with Crippen LogP contribution in [0.3, 0.4) is 0 Å². The molecule has 0 aromatic carbocycles. The van der Waals surface area contributed by atoms with Crippen LogP contribution in [-0.4, -0.2) is 24.3 Å². The second kappa shape index (κ2) is 6.90. The predicted molar refractivity (Wildman–Crippen MR) is 79.5 cm³/mol. The molecule has 1 amide bonds. The molecular formula is C16H22F3N3O. The van der Waals surface area contributed by atoms with Crippen LogP contribution in [0.15, 0.2) is 10.2 Å². The minimum Gasteiger partial charge on any atom is -0.355 e. The normalized spacial score (nSPS) is 21.5. The Morgan fingerprint density at radius 2 is 1.83 bits per heavy atom. The van der Waals surface area contributed by atoms with E-state index in [1.807, 2.05) is 0 Å². The first-order chi connectivity index (χ1) is 10.8. The molecular weight excluding hydrogens is 307 g/mol. The Labute approximate surface area is 134 Å². The lowest BCUT2D eigenvalue weighted by Crippen LogP contribution is -2.48. The molecule has 1 aliphatic carbocycles. The highest BCUT2D eigenvalue weighted by atomic mass is 19.4. The summed E-state index contributed by atoms with van der Waals surface area (Å²) in [5.74, 6) is 2.12. The van der Waals surface area contributed by atoms with Gasteiger partial charge in [-0.2, -0.15) is 23.4 Å². The van der Waals surface area contributed by atoms with E-state index < -0.39 is 17.3 Å². The molecule has 0 saturated heterocycles. The van der Waals surface area contributed by atoms with E-state index in [0.717, 1.165) is 6.42 Å². The smallest absolute Gasteiger partial charge is 0.355 e. The molecule has 1 N–H and O–H groups in total. The van der Waals surface area contributed by atoms with Crippen molar-refractivity contribution >= 4 is 5.91 Å². The summed E-state index contributed by atoms with van der Waals surface area (Å²) in [5.41, 5.74) is -2.34. The van der Waals surface area contributed by atoms with Gasteiger partial charge in [-0.1, -0.05) is 19.3 Å². The van der Waals surface area contributed by atoms with Gasteiger partial charge in [-0.3, -0.25) is 4.79 Å². The molecule has 0 radical (unpaired) electrons. The van der Waals surface area contributed by atoms with Crippen LogP contribution >= 0.6 is 0 Å². The lowest BCUT2D eigenvalue weighted by molar-refractivity contribution is -0.232. The van der Waals surface area contributed by atoms with Crippen LogP contribution in [0.2, 0.25) is 0 Å². The van der Waals surface area contributed by atoms with E-state index in [1.165, 1.54) is 0 Å². The van der Waals surface area contributed by atoms with Crippen molar-refractivity contribution in [2.24, 2.45) is 15.6 Å². The highest BCUT2D eigenvalue weighted by Gasteiger charge is 2.54. The van der Waals surface area contributed by atoms with Crippen LogP contribution in [0, 0.1) is 17.8 Å². The molecule has 128 valence electrons. The van der Waals surface area contributed by atoms with Crippen molar-refractivity contribution in [3.8, 4) is 12.3 Å². The van der Waals surface area contributed by atoms with E-state index in [0.29, 0.717) is 32.1 Å². The number of rotatable bonds is 7. The topological polar surface area (TPSA) is 53.8 Å². The third-order valence-corrected chi connectivity index (χ3v) is 4.84. The summed E-state index contributed by atoms with van der Waals surface area (Å²) in [6.45, 7) is -0.332. The third-order valence-electron chi connectivity index (χ3n) is 4.84. The van der Waals surface area contributed by atoms with Crippen molar-refractivity contribution in [3.05, 3.63) is 0 Å². The number of carbonyl (C=O) groups excluding carboxylic acids is 1. The summed E-state index contributed by atoms with van der Waals surface area (Å²) < 4.78 is 40.1. The van der Waals surface area contributed by atoms with Gasteiger partial charge < -0.3 is 5.32 Å². The number of carbonyl (C=O) groups is 1. The monoisotopic (exact) mass is 329 g/mol. The van der Waals surface area contributed by atoms with Gasteiger partial charge in [0, 0.05) is 32.2 Å². The van der Waals surface area contributed by atoms with Crippen LogP contribution < -0.4 is 5.32 Å². The van der Waals surface area contributed by atoms with E-state index in [1.54, 1.807) is 0 Å². The Morgan fingerprint density at radius 1 is 1.17 bits per heavy atom. The zero-order valence-electron chi connectivity index (χ0n) is 13.1. The van der Waals surface area contributed by atoms with Gasteiger partial charge in [0.2, 0.25) is 5.91 Å². The van der Waals surface area contributed by atoms with Crippen LogP contribution in [-0.2, 0) is 4.79 Å². The van der Waals surface area contributed by atoms with Gasteiger partial charge in [0.1, 0.15) is 0 Å². The van der Waals surface area contributed by atoms with E-state index >= 15 is 0 Å². The highest BCUT2D eigenvalue weighted by Crippen LogP contribution is 2.48. The van der Waals surface area contributed by atoms with Gasteiger partial charge in [-0.25, -0.2) is 0 Å². The third kappa shape index (κ3) is 4.46. The van der Waals surface area contributed by atoms with Crippen molar-refractivity contribution < 1.29 is 18.0 Å². The number of amides is 1. The van der Waals surface area contributed by atoms with Crippen molar-refractivity contribution in [1.29, 1.82) is 0 Å². The second-order valence-corrected chi connectivity index (χ2v) is 6.50. The van der Waals surface area contributed by atoms with Crippen LogP contribution in [0.1, 0.15) is 57.8 Å². The van der Waals surface area contributed by atoms with Crippen LogP contribution in [0.4, 0.5) is 13.2 Å². The molecule has 0 unspecified atom stereocenters. The molecule has 0 bridgehead atoms. The minimum absolute atomic E-state index is 0.0908. The second-order valence-electron chi connectivity index (χ2n) is 6.50. The Kier molecular flexibility index (Phi) is 5.33. The molecule has 23 heavy (non-hydrogen) atoms. The first-order valence-corrected chi connectivity index (χ1v) is 8.04. The SMILES string of the molecule is C#CCCC1(CCC(=O)NCC2(C(F)(F)F)CCCCC2)N=N1. The molecule has 2 rings (SSSR count). The highest BCUT2D eigenvalue weighted by molar-refractivity contribution is 5.76. The summed E-state index contributed by atoms with van der Waals surface area (Å²) in [6.07, 6.45) is 4.65. The Balaban J connectivity index is 1.80. The Hall–Kier alpha value is -1.58. The molecule has 1 fully saturated rings. The first-order valence-electron chi connectivity index (χ1n) is 8.04. The maximum atomic E-state index is 13.4. The van der Waals surface area contributed by atoms with Gasteiger partial charge in [0.15, 0.2) is 5.66 Å². The minimum atomic E-state index is -4.28. The maximum Gasteiger partial charge on any atom is 0.396 e. The average Bonchev–Trinajstić information content (AvgIpc) is 3.29. The molecule has 0 aromatic heterocycles. The van der Waals surface area contributed by atoms with E-state index in [-0.39, 0.29) is 31.7 Å². The number of nitrogens with zero attached hydrogens (tertiary/aromatic N) is 2. The van der Waals surface area contributed by atoms with Gasteiger partial charge in [0.25, 0.3) is 0 Å². The van der Waals surface area contributed by atoms with Crippen molar-refractivity contribution in [2.75, 3.05) is 6.54 Å². The van der Waals surface area contributed by atoms with Crippen LogP contribution in [0.25, 0.3) is 0 Å². The molecule has 7 heteroatoms.